The van der Waals surface area contributed by atoms with Crippen molar-refractivity contribution in [3.8, 4) is 0 Å². The first-order chi connectivity index (χ1) is 16.6. The van der Waals surface area contributed by atoms with E-state index in [0.29, 0.717) is 13.0 Å². The molecule has 2 N–H and O–H groups in total. The number of aromatic nitrogens is 1. The monoisotopic (exact) mass is 455 g/mol. The molecule has 0 unspecified atom stereocenters. The molecule has 1 atom stereocenters. The SMILES string of the molecule is CN(CCc1ccccc1)C(=O)[C@H](Cc1c[nH]c2ccccc12)NC(=O)OCc1ccccc1. The molecule has 4 aromatic rings. The Balaban J connectivity index is 1.45. The Labute approximate surface area is 199 Å². The van der Waals surface area contributed by atoms with Gasteiger partial charge in [-0.3, -0.25) is 4.79 Å². The highest BCUT2D eigenvalue weighted by Crippen LogP contribution is 2.20. The van der Waals surface area contributed by atoms with Gasteiger partial charge >= 0.3 is 6.09 Å². The fourth-order valence-corrected chi connectivity index (χ4v) is 3.95. The number of carbonyl (C=O) groups excluding carboxylic acids is 2. The average Bonchev–Trinajstić information content (AvgIpc) is 3.29. The molecule has 0 saturated heterocycles. The summed E-state index contributed by atoms with van der Waals surface area (Å²) in [6, 6.07) is 26.7. The van der Waals surface area contributed by atoms with Crippen LogP contribution in [0.3, 0.4) is 0 Å². The maximum Gasteiger partial charge on any atom is 0.408 e. The Hall–Kier alpha value is -4.06. The lowest BCUT2D eigenvalue weighted by molar-refractivity contribution is -0.132. The molecule has 0 spiro atoms. The maximum absolute atomic E-state index is 13.4. The van der Waals surface area contributed by atoms with Gasteiger partial charge in [0.2, 0.25) is 5.91 Å². The summed E-state index contributed by atoms with van der Waals surface area (Å²) < 4.78 is 5.40. The maximum atomic E-state index is 13.4. The van der Waals surface area contributed by atoms with Gasteiger partial charge in [0.25, 0.3) is 0 Å². The molecule has 0 aliphatic carbocycles. The summed E-state index contributed by atoms with van der Waals surface area (Å²) in [5.74, 6) is -0.155. The molecule has 6 nitrogen and oxygen atoms in total. The molecule has 174 valence electrons. The third kappa shape index (κ3) is 6.04. The van der Waals surface area contributed by atoms with Crippen molar-refractivity contribution in [2.75, 3.05) is 13.6 Å². The predicted molar refractivity (Wildman–Crippen MR) is 133 cm³/mol. The molecule has 0 aliphatic rings. The first-order valence-corrected chi connectivity index (χ1v) is 11.4. The van der Waals surface area contributed by atoms with Gasteiger partial charge in [-0.2, -0.15) is 0 Å². The molecule has 0 bridgehead atoms. The molecule has 4 rings (SSSR count). The molecule has 0 saturated carbocycles. The van der Waals surface area contributed by atoms with Crippen LogP contribution in [0, 0.1) is 0 Å². The van der Waals surface area contributed by atoms with Gasteiger partial charge in [-0.25, -0.2) is 4.79 Å². The van der Waals surface area contributed by atoms with Crippen LogP contribution in [0.25, 0.3) is 10.9 Å². The highest BCUT2D eigenvalue weighted by molar-refractivity contribution is 5.88. The summed E-state index contributed by atoms with van der Waals surface area (Å²) in [4.78, 5) is 30.9. The molecule has 1 aromatic heterocycles. The number of nitrogens with zero attached hydrogens (tertiary/aromatic N) is 1. The number of amides is 2. The van der Waals surface area contributed by atoms with Crippen molar-refractivity contribution in [2.24, 2.45) is 0 Å². The smallest absolute Gasteiger partial charge is 0.408 e. The number of ether oxygens (including phenoxy) is 1. The number of nitrogens with one attached hydrogen (secondary N) is 2. The van der Waals surface area contributed by atoms with E-state index >= 15 is 0 Å². The Morgan fingerprint density at radius 3 is 2.29 bits per heavy atom. The van der Waals surface area contributed by atoms with Gasteiger partial charge in [-0.15, -0.1) is 0 Å². The highest BCUT2D eigenvalue weighted by Gasteiger charge is 2.26. The fourth-order valence-electron chi connectivity index (χ4n) is 3.95. The Kier molecular flexibility index (Phi) is 7.60. The summed E-state index contributed by atoms with van der Waals surface area (Å²) in [7, 11) is 1.77. The van der Waals surface area contributed by atoms with Gasteiger partial charge < -0.3 is 19.9 Å². The molecule has 3 aromatic carbocycles. The van der Waals surface area contributed by atoms with Crippen LogP contribution in [-0.2, 0) is 29.0 Å². The van der Waals surface area contributed by atoms with Gasteiger partial charge in [-0.05, 0) is 29.2 Å². The number of fused-ring (bicyclic) bond motifs is 1. The highest BCUT2D eigenvalue weighted by atomic mass is 16.5. The number of likely N-dealkylation sites (N-methyl/N-ethyl adjacent to an activating group) is 1. The van der Waals surface area contributed by atoms with Gasteiger partial charge in [0.15, 0.2) is 0 Å². The van der Waals surface area contributed by atoms with E-state index in [1.165, 1.54) is 0 Å². The van der Waals surface area contributed by atoms with Crippen LogP contribution in [0.15, 0.2) is 91.1 Å². The first kappa shape index (κ1) is 23.1. The van der Waals surface area contributed by atoms with Crippen LogP contribution < -0.4 is 5.32 Å². The number of carbonyl (C=O) groups is 2. The largest absolute Gasteiger partial charge is 0.445 e. The molecule has 0 aliphatic heterocycles. The van der Waals surface area contributed by atoms with E-state index in [-0.39, 0.29) is 12.5 Å². The Morgan fingerprint density at radius 1 is 0.912 bits per heavy atom. The third-order valence-electron chi connectivity index (χ3n) is 5.86. The van der Waals surface area contributed by atoms with Crippen LogP contribution in [0.1, 0.15) is 16.7 Å². The molecule has 0 fully saturated rings. The minimum atomic E-state index is -0.747. The molecule has 34 heavy (non-hydrogen) atoms. The van der Waals surface area contributed by atoms with Crippen molar-refractivity contribution in [1.29, 1.82) is 0 Å². The average molecular weight is 456 g/mol. The van der Waals surface area contributed by atoms with Gasteiger partial charge in [0, 0.05) is 37.1 Å². The van der Waals surface area contributed by atoms with Crippen molar-refractivity contribution in [1.82, 2.24) is 15.2 Å². The number of hydrogen-bond donors (Lipinski definition) is 2. The molecular weight excluding hydrogens is 426 g/mol. The minimum Gasteiger partial charge on any atom is -0.445 e. The second kappa shape index (κ2) is 11.2. The Bertz CT molecular complexity index is 1220. The van der Waals surface area contributed by atoms with Crippen molar-refractivity contribution in [3.63, 3.8) is 0 Å². The summed E-state index contributed by atoms with van der Waals surface area (Å²) >= 11 is 0. The number of alkyl carbamates (subject to hydrolysis) is 1. The lowest BCUT2D eigenvalue weighted by atomic mass is 10.0. The number of H-pyrrole nitrogens is 1. The molecular formula is C28H29N3O3. The zero-order valence-corrected chi connectivity index (χ0v) is 19.2. The summed E-state index contributed by atoms with van der Waals surface area (Å²) in [6.07, 6.45) is 2.38. The van der Waals surface area contributed by atoms with Gasteiger partial charge in [0.05, 0.1) is 0 Å². The fraction of sp³-hybridized carbons (Fsp3) is 0.214. The van der Waals surface area contributed by atoms with Crippen molar-refractivity contribution in [2.45, 2.75) is 25.5 Å². The number of hydrogen-bond acceptors (Lipinski definition) is 3. The Morgan fingerprint density at radius 2 is 1.56 bits per heavy atom. The quantitative estimate of drug-likeness (QED) is 0.384. The van der Waals surface area contributed by atoms with E-state index in [4.69, 9.17) is 4.74 Å². The number of rotatable bonds is 9. The van der Waals surface area contributed by atoms with E-state index in [0.717, 1.165) is 34.0 Å². The zero-order chi connectivity index (χ0) is 23.8. The van der Waals surface area contributed by atoms with E-state index in [1.807, 2.05) is 91.1 Å². The lowest BCUT2D eigenvalue weighted by Gasteiger charge is -2.24. The van der Waals surface area contributed by atoms with Crippen LogP contribution in [0.2, 0.25) is 0 Å². The summed E-state index contributed by atoms with van der Waals surface area (Å²) in [5.41, 5.74) is 4.00. The van der Waals surface area contributed by atoms with Crippen LogP contribution in [0.4, 0.5) is 4.79 Å². The number of aromatic amines is 1. The van der Waals surface area contributed by atoms with Crippen LogP contribution >= 0.6 is 0 Å². The molecule has 2 amide bonds. The van der Waals surface area contributed by atoms with E-state index in [2.05, 4.69) is 10.3 Å². The number of benzene rings is 3. The predicted octanol–water partition coefficient (Wildman–Crippen LogP) is 4.71. The van der Waals surface area contributed by atoms with Crippen LogP contribution in [-0.4, -0.2) is 41.5 Å². The number of para-hydroxylation sites is 1. The summed E-state index contributed by atoms with van der Waals surface area (Å²) in [6.45, 7) is 0.693. The second-order valence-electron chi connectivity index (χ2n) is 8.32. The normalized spacial score (nSPS) is 11.7. The zero-order valence-electron chi connectivity index (χ0n) is 19.2. The molecule has 0 radical (unpaired) electrons. The summed E-state index contributed by atoms with van der Waals surface area (Å²) in [5, 5.41) is 3.84. The van der Waals surface area contributed by atoms with Gasteiger partial charge in [0.1, 0.15) is 12.6 Å². The first-order valence-electron chi connectivity index (χ1n) is 11.4. The van der Waals surface area contributed by atoms with Crippen molar-refractivity contribution in [3.05, 3.63) is 108 Å². The molecule has 1 heterocycles. The van der Waals surface area contributed by atoms with E-state index < -0.39 is 12.1 Å². The van der Waals surface area contributed by atoms with E-state index in [1.54, 1.807) is 11.9 Å². The molecule has 6 heteroatoms. The van der Waals surface area contributed by atoms with Crippen molar-refractivity contribution < 1.29 is 14.3 Å². The third-order valence-corrected chi connectivity index (χ3v) is 5.86. The van der Waals surface area contributed by atoms with Crippen molar-refractivity contribution >= 4 is 22.9 Å². The topological polar surface area (TPSA) is 74.4 Å². The van der Waals surface area contributed by atoms with Gasteiger partial charge in [-0.1, -0.05) is 78.9 Å². The minimum absolute atomic E-state index is 0.143. The standard InChI is InChI=1S/C28H29N3O3/c1-31(17-16-21-10-4-2-5-11-21)27(32)26(18-23-19-29-25-15-9-8-14-24(23)25)30-28(33)34-20-22-12-6-3-7-13-22/h2-15,19,26,29H,16-18,20H2,1H3,(H,30,33)/t26-/m0/s1. The van der Waals surface area contributed by atoms with E-state index in [9.17, 15) is 9.59 Å². The van der Waals surface area contributed by atoms with Crippen LogP contribution in [0.5, 0.6) is 0 Å². The lowest BCUT2D eigenvalue weighted by Crippen LogP contribution is -2.49. The second-order valence-corrected chi connectivity index (χ2v) is 8.32.